The zero-order valence-electron chi connectivity index (χ0n) is 14.7. The Kier molecular flexibility index (Phi) is 5.21. The molecular weight excluding hydrogens is 335 g/mol. The molecule has 1 heterocycles. The standard InChI is InChI=1S/C20H21FN2O3/c1-13(2)26-18-9-5-16(6-10-18)22-20(25)14-11-19(24)23(12-14)17-7-3-15(21)4-8-17/h3-10,13-14H,11-12H2,1-2H3,(H,22,25)/t14-/m1/s1. The topological polar surface area (TPSA) is 58.6 Å². The Hall–Kier alpha value is -2.89. The lowest BCUT2D eigenvalue weighted by molar-refractivity contribution is -0.122. The van der Waals surface area contributed by atoms with Gasteiger partial charge in [0.05, 0.1) is 12.0 Å². The zero-order chi connectivity index (χ0) is 18.7. The summed E-state index contributed by atoms with van der Waals surface area (Å²) < 4.78 is 18.6. The van der Waals surface area contributed by atoms with Gasteiger partial charge >= 0.3 is 0 Å². The molecule has 2 aromatic rings. The number of rotatable bonds is 5. The van der Waals surface area contributed by atoms with Crippen LogP contribution in [0.4, 0.5) is 15.8 Å². The SMILES string of the molecule is CC(C)Oc1ccc(NC(=O)[C@@H]2CC(=O)N(c3ccc(F)cc3)C2)cc1. The molecule has 1 aliphatic heterocycles. The van der Waals surface area contributed by atoms with E-state index in [1.54, 1.807) is 36.4 Å². The molecule has 1 aliphatic rings. The maximum Gasteiger partial charge on any atom is 0.229 e. The van der Waals surface area contributed by atoms with E-state index in [0.29, 0.717) is 11.4 Å². The number of amides is 2. The molecule has 0 aliphatic carbocycles. The molecule has 1 fully saturated rings. The molecule has 26 heavy (non-hydrogen) atoms. The molecule has 6 heteroatoms. The van der Waals surface area contributed by atoms with Crippen molar-refractivity contribution in [3.05, 3.63) is 54.3 Å². The van der Waals surface area contributed by atoms with Crippen molar-refractivity contribution in [3.63, 3.8) is 0 Å². The third kappa shape index (κ3) is 4.20. The van der Waals surface area contributed by atoms with E-state index in [1.165, 1.54) is 17.0 Å². The van der Waals surface area contributed by atoms with E-state index < -0.39 is 5.92 Å². The van der Waals surface area contributed by atoms with Gasteiger partial charge in [-0.05, 0) is 62.4 Å². The fraction of sp³-hybridized carbons (Fsp3) is 0.300. The summed E-state index contributed by atoms with van der Waals surface area (Å²) in [5, 5.41) is 2.83. The first kappa shape index (κ1) is 17.9. The van der Waals surface area contributed by atoms with Crippen molar-refractivity contribution in [3.8, 4) is 5.75 Å². The normalized spacial score (nSPS) is 16.8. The molecule has 0 bridgehead atoms. The molecule has 2 amide bonds. The van der Waals surface area contributed by atoms with E-state index >= 15 is 0 Å². The molecule has 0 aromatic heterocycles. The molecule has 1 N–H and O–H groups in total. The predicted molar refractivity (Wildman–Crippen MR) is 97.7 cm³/mol. The van der Waals surface area contributed by atoms with Crippen molar-refractivity contribution in [2.24, 2.45) is 5.92 Å². The van der Waals surface area contributed by atoms with Crippen LogP contribution in [0.3, 0.4) is 0 Å². The molecule has 136 valence electrons. The van der Waals surface area contributed by atoms with Gasteiger partial charge in [0.1, 0.15) is 11.6 Å². The molecule has 0 unspecified atom stereocenters. The van der Waals surface area contributed by atoms with E-state index in [0.717, 1.165) is 5.75 Å². The van der Waals surface area contributed by atoms with Crippen molar-refractivity contribution in [2.75, 3.05) is 16.8 Å². The lowest BCUT2D eigenvalue weighted by Crippen LogP contribution is -2.28. The fourth-order valence-electron chi connectivity index (χ4n) is 2.89. The Balaban J connectivity index is 1.62. The van der Waals surface area contributed by atoms with Gasteiger partial charge in [-0.1, -0.05) is 0 Å². The third-order valence-electron chi connectivity index (χ3n) is 4.13. The number of nitrogens with zero attached hydrogens (tertiary/aromatic N) is 1. The van der Waals surface area contributed by atoms with Crippen LogP contribution >= 0.6 is 0 Å². The number of anilines is 2. The monoisotopic (exact) mass is 356 g/mol. The van der Waals surface area contributed by atoms with Gasteiger partial charge in [-0.2, -0.15) is 0 Å². The van der Waals surface area contributed by atoms with E-state index in [1.807, 2.05) is 13.8 Å². The van der Waals surface area contributed by atoms with Gasteiger partial charge in [-0.15, -0.1) is 0 Å². The average Bonchev–Trinajstić information content (AvgIpc) is 2.99. The van der Waals surface area contributed by atoms with Crippen molar-refractivity contribution in [2.45, 2.75) is 26.4 Å². The van der Waals surface area contributed by atoms with Crippen LogP contribution in [-0.4, -0.2) is 24.5 Å². The summed E-state index contributed by atoms with van der Waals surface area (Å²) in [7, 11) is 0. The van der Waals surface area contributed by atoms with Gasteiger partial charge in [0.2, 0.25) is 11.8 Å². The molecule has 5 nitrogen and oxygen atoms in total. The average molecular weight is 356 g/mol. The van der Waals surface area contributed by atoms with Gasteiger partial charge in [0.15, 0.2) is 0 Å². The van der Waals surface area contributed by atoms with Gasteiger partial charge in [-0.3, -0.25) is 9.59 Å². The molecular formula is C20H21FN2O3. The van der Waals surface area contributed by atoms with Gasteiger partial charge < -0.3 is 15.0 Å². The van der Waals surface area contributed by atoms with Crippen LogP contribution in [-0.2, 0) is 9.59 Å². The first-order valence-electron chi connectivity index (χ1n) is 8.56. The molecule has 3 rings (SSSR count). The second-order valence-corrected chi connectivity index (χ2v) is 6.56. The smallest absolute Gasteiger partial charge is 0.229 e. The molecule has 0 radical (unpaired) electrons. The number of carbonyl (C=O) groups excluding carboxylic acids is 2. The number of hydrogen-bond acceptors (Lipinski definition) is 3. The summed E-state index contributed by atoms with van der Waals surface area (Å²) in [6.07, 6.45) is 0.218. The minimum Gasteiger partial charge on any atom is -0.491 e. The highest BCUT2D eigenvalue weighted by Crippen LogP contribution is 2.26. The van der Waals surface area contributed by atoms with Crippen LogP contribution in [0.1, 0.15) is 20.3 Å². The number of benzene rings is 2. The quantitative estimate of drug-likeness (QED) is 0.890. The molecule has 1 atom stereocenters. The Morgan fingerprint density at radius 2 is 1.81 bits per heavy atom. The van der Waals surface area contributed by atoms with E-state index in [2.05, 4.69) is 5.32 Å². The van der Waals surface area contributed by atoms with Crippen LogP contribution in [0.5, 0.6) is 5.75 Å². The molecule has 1 saturated heterocycles. The Bertz CT molecular complexity index is 788. The highest BCUT2D eigenvalue weighted by molar-refractivity contribution is 6.03. The van der Waals surface area contributed by atoms with Gasteiger partial charge in [0, 0.05) is 24.3 Å². The summed E-state index contributed by atoms with van der Waals surface area (Å²) in [5.41, 5.74) is 1.25. The number of halogens is 1. The van der Waals surface area contributed by atoms with Gasteiger partial charge in [-0.25, -0.2) is 4.39 Å². The Morgan fingerprint density at radius 3 is 2.42 bits per heavy atom. The Labute approximate surface area is 151 Å². The highest BCUT2D eigenvalue weighted by Gasteiger charge is 2.35. The summed E-state index contributed by atoms with van der Waals surface area (Å²) >= 11 is 0. The van der Waals surface area contributed by atoms with Crippen molar-refractivity contribution >= 4 is 23.2 Å². The maximum atomic E-state index is 13.0. The summed E-state index contributed by atoms with van der Waals surface area (Å²) in [4.78, 5) is 26.2. The number of ether oxygens (including phenoxy) is 1. The van der Waals surface area contributed by atoms with Crippen molar-refractivity contribution < 1.29 is 18.7 Å². The largest absolute Gasteiger partial charge is 0.491 e. The molecule has 0 spiro atoms. The summed E-state index contributed by atoms with van der Waals surface area (Å²) in [6.45, 7) is 4.17. The zero-order valence-corrected chi connectivity index (χ0v) is 14.7. The van der Waals surface area contributed by atoms with Crippen molar-refractivity contribution in [1.29, 1.82) is 0 Å². The Morgan fingerprint density at radius 1 is 1.15 bits per heavy atom. The second-order valence-electron chi connectivity index (χ2n) is 6.56. The summed E-state index contributed by atoms with van der Waals surface area (Å²) in [5.74, 6) is -0.423. The van der Waals surface area contributed by atoms with Crippen LogP contribution in [0.2, 0.25) is 0 Å². The van der Waals surface area contributed by atoms with Crippen LogP contribution in [0, 0.1) is 11.7 Å². The van der Waals surface area contributed by atoms with Crippen molar-refractivity contribution in [1.82, 2.24) is 0 Å². The minimum atomic E-state index is -0.445. The first-order chi connectivity index (χ1) is 12.4. The lowest BCUT2D eigenvalue weighted by Gasteiger charge is -2.16. The predicted octanol–water partition coefficient (Wildman–Crippen LogP) is 3.60. The van der Waals surface area contributed by atoms with E-state index in [-0.39, 0.29) is 36.7 Å². The molecule has 0 saturated carbocycles. The van der Waals surface area contributed by atoms with Crippen LogP contribution in [0.15, 0.2) is 48.5 Å². The number of hydrogen-bond donors (Lipinski definition) is 1. The second kappa shape index (κ2) is 7.56. The van der Waals surface area contributed by atoms with E-state index in [4.69, 9.17) is 4.74 Å². The minimum absolute atomic E-state index is 0.0809. The lowest BCUT2D eigenvalue weighted by atomic mass is 10.1. The first-order valence-corrected chi connectivity index (χ1v) is 8.56. The highest BCUT2D eigenvalue weighted by atomic mass is 19.1. The fourth-order valence-corrected chi connectivity index (χ4v) is 2.89. The molecule has 2 aromatic carbocycles. The number of nitrogens with one attached hydrogen (secondary N) is 1. The van der Waals surface area contributed by atoms with Gasteiger partial charge in [0.25, 0.3) is 0 Å². The summed E-state index contributed by atoms with van der Waals surface area (Å²) in [6, 6.07) is 12.8. The van der Waals surface area contributed by atoms with Crippen LogP contribution in [0.25, 0.3) is 0 Å². The maximum absolute atomic E-state index is 13.0. The van der Waals surface area contributed by atoms with E-state index in [9.17, 15) is 14.0 Å². The van der Waals surface area contributed by atoms with Crippen LogP contribution < -0.4 is 15.0 Å². The number of carbonyl (C=O) groups is 2. The third-order valence-corrected chi connectivity index (χ3v) is 4.13.